The van der Waals surface area contributed by atoms with Crippen LogP contribution in [0, 0.1) is 5.92 Å². The molecule has 2 aliphatic heterocycles. The molecule has 114 valence electrons. The fraction of sp³-hybridized carbons (Fsp3) is 0.533. The van der Waals surface area contributed by atoms with E-state index in [1.165, 1.54) is 0 Å². The van der Waals surface area contributed by atoms with Crippen molar-refractivity contribution in [3.8, 4) is 11.5 Å². The second kappa shape index (κ2) is 6.23. The Morgan fingerprint density at radius 1 is 1.38 bits per heavy atom. The summed E-state index contributed by atoms with van der Waals surface area (Å²) in [4.78, 5) is 12.4. The maximum Gasteiger partial charge on any atom is 0.251 e. The van der Waals surface area contributed by atoms with Crippen LogP contribution in [0.2, 0.25) is 0 Å². The van der Waals surface area contributed by atoms with Crippen LogP contribution in [0.3, 0.4) is 0 Å². The molecule has 0 spiro atoms. The molecule has 0 bridgehead atoms. The van der Waals surface area contributed by atoms with Gasteiger partial charge < -0.3 is 20.1 Å². The highest BCUT2D eigenvalue weighted by Crippen LogP contribution is 2.38. The molecule has 0 radical (unpaired) electrons. The zero-order chi connectivity index (χ0) is 14.8. The third kappa shape index (κ3) is 3.16. The van der Waals surface area contributed by atoms with Gasteiger partial charge in [0.05, 0.1) is 4.47 Å². The van der Waals surface area contributed by atoms with E-state index in [0.29, 0.717) is 36.2 Å². The Bertz CT molecular complexity index is 550. The predicted molar refractivity (Wildman–Crippen MR) is 83.0 cm³/mol. The molecule has 3 rings (SSSR count). The molecular formula is C15H19BrN2O3. The SMILES string of the molecule is CC1CNCCC1NC(=O)c1cc(Br)c2c(c1)OCCO2. The number of benzene rings is 1. The van der Waals surface area contributed by atoms with Crippen LogP contribution in [0.15, 0.2) is 16.6 Å². The van der Waals surface area contributed by atoms with E-state index >= 15 is 0 Å². The molecule has 21 heavy (non-hydrogen) atoms. The second-order valence-electron chi connectivity index (χ2n) is 5.53. The largest absolute Gasteiger partial charge is 0.486 e. The monoisotopic (exact) mass is 354 g/mol. The molecule has 2 unspecified atom stereocenters. The Balaban J connectivity index is 1.76. The van der Waals surface area contributed by atoms with Gasteiger partial charge in [0.1, 0.15) is 13.2 Å². The first kappa shape index (κ1) is 14.7. The molecule has 2 N–H and O–H groups in total. The first-order valence-corrected chi connectivity index (χ1v) is 8.05. The quantitative estimate of drug-likeness (QED) is 0.852. The van der Waals surface area contributed by atoms with Crippen LogP contribution >= 0.6 is 15.9 Å². The normalized spacial score (nSPS) is 24.5. The summed E-state index contributed by atoms with van der Waals surface area (Å²) in [6, 6.07) is 3.75. The van der Waals surface area contributed by atoms with Crippen LogP contribution in [0.1, 0.15) is 23.7 Å². The van der Waals surface area contributed by atoms with Gasteiger partial charge in [0, 0.05) is 11.6 Å². The van der Waals surface area contributed by atoms with Gasteiger partial charge in [0.15, 0.2) is 11.5 Å². The first-order valence-electron chi connectivity index (χ1n) is 7.26. The number of rotatable bonds is 2. The molecule has 6 heteroatoms. The Morgan fingerprint density at radius 2 is 2.19 bits per heavy atom. The molecule has 5 nitrogen and oxygen atoms in total. The summed E-state index contributed by atoms with van der Waals surface area (Å²) in [7, 11) is 0. The lowest BCUT2D eigenvalue weighted by Gasteiger charge is -2.30. The summed E-state index contributed by atoms with van der Waals surface area (Å²) in [5.41, 5.74) is 0.594. The van der Waals surface area contributed by atoms with E-state index in [0.717, 1.165) is 24.0 Å². The van der Waals surface area contributed by atoms with Crippen molar-refractivity contribution >= 4 is 21.8 Å². The molecule has 1 fully saturated rings. The van der Waals surface area contributed by atoms with Crippen LogP contribution < -0.4 is 20.1 Å². The molecule has 0 saturated carbocycles. The number of hydrogen-bond acceptors (Lipinski definition) is 4. The van der Waals surface area contributed by atoms with E-state index in [9.17, 15) is 4.79 Å². The number of carbonyl (C=O) groups is 1. The van der Waals surface area contributed by atoms with Gasteiger partial charge in [-0.2, -0.15) is 0 Å². The Morgan fingerprint density at radius 3 is 3.00 bits per heavy atom. The maximum atomic E-state index is 12.4. The summed E-state index contributed by atoms with van der Waals surface area (Å²) >= 11 is 3.44. The van der Waals surface area contributed by atoms with Crippen LogP contribution in [0.5, 0.6) is 11.5 Å². The van der Waals surface area contributed by atoms with Gasteiger partial charge in [0.2, 0.25) is 0 Å². The van der Waals surface area contributed by atoms with E-state index < -0.39 is 0 Å². The number of amides is 1. The average Bonchev–Trinajstić information content (AvgIpc) is 2.49. The molecule has 2 heterocycles. The van der Waals surface area contributed by atoms with Crippen LogP contribution in [-0.2, 0) is 0 Å². The lowest BCUT2D eigenvalue weighted by atomic mass is 9.95. The number of hydrogen-bond donors (Lipinski definition) is 2. The zero-order valence-corrected chi connectivity index (χ0v) is 13.5. The van der Waals surface area contributed by atoms with Crippen LogP contribution in [-0.4, -0.2) is 38.3 Å². The zero-order valence-electron chi connectivity index (χ0n) is 11.9. The molecule has 1 amide bonds. The number of fused-ring (bicyclic) bond motifs is 1. The lowest BCUT2D eigenvalue weighted by molar-refractivity contribution is 0.0913. The van der Waals surface area contributed by atoms with Crippen molar-refractivity contribution in [2.24, 2.45) is 5.92 Å². The van der Waals surface area contributed by atoms with E-state index in [1.54, 1.807) is 12.1 Å². The van der Waals surface area contributed by atoms with Gasteiger partial charge in [0.25, 0.3) is 5.91 Å². The van der Waals surface area contributed by atoms with E-state index in [-0.39, 0.29) is 11.9 Å². The van der Waals surface area contributed by atoms with Crippen molar-refractivity contribution in [2.75, 3.05) is 26.3 Å². The Kier molecular flexibility index (Phi) is 4.35. The van der Waals surface area contributed by atoms with E-state index in [2.05, 4.69) is 33.5 Å². The second-order valence-corrected chi connectivity index (χ2v) is 6.39. The van der Waals surface area contributed by atoms with Gasteiger partial charge in [-0.1, -0.05) is 6.92 Å². The summed E-state index contributed by atoms with van der Waals surface area (Å²) in [5.74, 6) is 1.67. The number of nitrogens with one attached hydrogen (secondary N) is 2. The van der Waals surface area contributed by atoms with Crippen molar-refractivity contribution in [3.05, 3.63) is 22.2 Å². The smallest absolute Gasteiger partial charge is 0.251 e. The number of carbonyl (C=O) groups excluding carboxylic acids is 1. The topological polar surface area (TPSA) is 59.6 Å². The van der Waals surface area contributed by atoms with Crippen LogP contribution in [0.4, 0.5) is 0 Å². The first-order chi connectivity index (χ1) is 10.1. The average molecular weight is 355 g/mol. The highest BCUT2D eigenvalue weighted by Gasteiger charge is 2.24. The molecule has 0 aliphatic carbocycles. The maximum absolute atomic E-state index is 12.4. The molecule has 0 aromatic heterocycles. The number of ether oxygens (including phenoxy) is 2. The predicted octanol–water partition coefficient (Wildman–Crippen LogP) is 1.95. The minimum absolute atomic E-state index is 0.0635. The van der Waals surface area contributed by atoms with Crippen molar-refractivity contribution in [3.63, 3.8) is 0 Å². The molecule has 1 saturated heterocycles. The summed E-state index contributed by atoms with van der Waals surface area (Å²) in [5, 5.41) is 6.46. The van der Waals surface area contributed by atoms with Gasteiger partial charge >= 0.3 is 0 Å². The van der Waals surface area contributed by atoms with Gasteiger partial charge in [-0.15, -0.1) is 0 Å². The highest BCUT2D eigenvalue weighted by atomic mass is 79.9. The summed E-state index contributed by atoms with van der Waals surface area (Å²) in [6.45, 7) is 5.08. The third-order valence-corrected chi connectivity index (χ3v) is 4.55. The lowest BCUT2D eigenvalue weighted by Crippen LogP contribution is -2.48. The van der Waals surface area contributed by atoms with E-state index in [4.69, 9.17) is 9.47 Å². The fourth-order valence-corrected chi connectivity index (χ4v) is 3.28. The van der Waals surface area contributed by atoms with Gasteiger partial charge in [-0.25, -0.2) is 0 Å². The minimum Gasteiger partial charge on any atom is -0.486 e. The summed E-state index contributed by atoms with van der Waals surface area (Å²) < 4.78 is 11.9. The van der Waals surface area contributed by atoms with Crippen molar-refractivity contribution in [2.45, 2.75) is 19.4 Å². The molecule has 2 atom stereocenters. The van der Waals surface area contributed by atoms with E-state index in [1.807, 2.05) is 0 Å². The Hall–Kier alpha value is -1.27. The third-order valence-electron chi connectivity index (χ3n) is 3.96. The summed E-state index contributed by atoms with van der Waals surface area (Å²) in [6.07, 6.45) is 0.957. The highest BCUT2D eigenvalue weighted by molar-refractivity contribution is 9.10. The number of piperidine rings is 1. The van der Waals surface area contributed by atoms with Gasteiger partial charge in [-0.3, -0.25) is 4.79 Å². The van der Waals surface area contributed by atoms with Gasteiger partial charge in [-0.05, 0) is 53.5 Å². The van der Waals surface area contributed by atoms with Crippen molar-refractivity contribution < 1.29 is 14.3 Å². The molecule has 2 aliphatic rings. The Labute approximate surface area is 132 Å². The fourth-order valence-electron chi connectivity index (χ4n) is 2.72. The number of halogens is 1. The molecule has 1 aromatic carbocycles. The molecular weight excluding hydrogens is 336 g/mol. The van der Waals surface area contributed by atoms with Crippen LogP contribution in [0.25, 0.3) is 0 Å². The standard InChI is InChI=1S/C15H19BrN2O3/c1-9-8-17-3-2-12(9)18-15(19)10-6-11(16)14-13(7-10)20-4-5-21-14/h6-7,9,12,17H,2-5,8H2,1H3,(H,18,19). The molecule has 1 aromatic rings. The van der Waals surface area contributed by atoms with Crippen molar-refractivity contribution in [1.82, 2.24) is 10.6 Å². The minimum atomic E-state index is -0.0635. The van der Waals surface area contributed by atoms with Crippen molar-refractivity contribution in [1.29, 1.82) is 0 Å².